The highest BCUT2D eigenvalue weighted by Gasteiger charge is 2.09. The topological polar surface area (TPSA) is 57.5 Å². The van der Waals surface area contributed by atoms with Crippen LogP contribution in [0.3, 0.4) is 0 Å². The number of ketones is 1. The number of allylic oxidation sites excluding steroid dienone is 2. The number of hydrogen-bond donors (Lipinski definition) is 2. The highest BCUT2D eigenvalue weighted by Crippen LogP contribution is 2.25. The molecule has 0 bridgehead atoms. The number of Topliss-reactive ketones (excluding diaryl/α,β-unsaturated/α-hetero) is 1. The summed E-state index contributed by atoms with van der Waals surface area (Å²) in [5.74, 6) is 0.154. The highest BCUT2D eigenvalue weighted by atomic mass is 16.3. The molecule has 0 fully saturated rings. The third-order valence-corrected chi connectivity index (χ3v) is 3.28. The van der Waals surface area contributed by atoms with Crippen LogP contribution >= 0.6 is 0 Å². The van der Waals surface area contributed by atoms with E-state index in [1.54, 1.807) is 13.0 Å². The summed E-state index contributed by atoms with van der Waals surface area (Å²) >= 11 is 0. The van der Waals surface area contributed by atoms with Gasteiger partial charge in [0, 0.05) is 5.92 Å². The third kappa shape index (κ3) is 4.44. The minimum Gasteiger partial charge on any atom is -0.392 e. The fraction of sp³-hybridized carbons (Fsp3) is 0.353. The van der Waals surface area contributed by atoms with Crippen LogP contribution in [0, 0.1) is 0 Å². The van der Waals surface area contributed by atoms with Gasteiger partial charge < -0.3 is 10.2 Å². The monoisotopic (exact) mass is 274 g/mol. The molecule has 0 heterocycles. The Kier molecular flexibility index (Phi) is 6.36. The second-order valence-corrected chi connectivity index (χ2v) is 4.90. The summed E-state index contributed by atoms with van der Waals surface area (Å²) in [4.78, 5) is 11.3. The molecule has 1 unspecified atom stereocenters. The molecular formula is C17H22O3. The number of hydrogen-bond acceptors (Lipinski definition) is 3. The van der Waals surface area contributed by atoms with Crippen molar-refractivity contribution < 1.29 is 15.0 Å². The Balaban J connectivity index is 3.18. The van der Waals surface area contributed by atoms with Crippen molar-refractivity contribution in [2.75, 3.05) is 6.61 Å². The van der Waals surface area contributed by atoms with E-state index in [1.165, 1.54) is 0 Å². The van der Waals surface area contributed by atoms with Gasteiger partial charge in [-0.3, -0.25) is 4.79 Å². The van der Waals surface area contributed by atoms with Crippen LogP contribution in [-0.4, -0.2) is 22.6 Å². The lowest BCUT2D eigenvalue weighted by atomic mass is 9.92. The van der Waals surface area contributed by atoms with Gasteiger partial charge >= 0.3 is 0 Å². The molecule has 0 aliphatic rings. The molecule has 0 aliphatic carbocycles. The molecule has 0 aromatic heterocycles. The zero-order valence-corrected chi connectivity index (χ0v) is 12.3. The lowest BCUT2D eigenvalue weighted by Gasteiger charge is -2.13. The molecule has 0 radical (unpaired) electrons. The van der Waals surface area contributed by atoms with Crippen molar-refractivity contribution in [3.63, 3.8) is 0 Å². The van der Waals surface area contributed by atoms with E-state index in [4.69, 9.17) is 5.11 Å². The predicted octanol–water partition coefficient (Wildman–Crippen LogP) is 2.82. The van der Waals surface area contributed by atoms with Gasteiger partial charge in [0.05, 0.1) is 13.2 Å². The van der Waals surface area contributed by atoms with Crippen molar-refractivity contribution in [1.82, 2.24) is 0 Å². The van der Waals surface area contributed by atoms with Crippen LogP contribution in [-0.2, 0) is 11.4 Å². The number of carbonyl (C=O) groups is 1. The Morgan fingerprint density at radius 3 is 2.55 bits per heavy atom. The number of aliphatic hydroxyl groups excluding tert-OH is 2. The van der Waals surface area contributed by atoms with Gasteiger partial charge in [0.1, 0.15) is 0 Å². The van der Waals surface area contributed by atoms with E-state index in [1.807, 2.05) is 44.2 Å². The van der Waals surface area contributed by atoms with E-state index in [9.17, 15) is 9.90 Å². The zero-order valence-electron chi connectivity index (χ0n) is 12.3. The summed E-state index contributed by atoms with van der Waals surface area (Å²) in [6.45, 7) is 5.34. The standard InChI is InChI=1S/C17H22O3/c1-12(14(3)20)9-13(2)17-7-6-15(11-19)10-16(17)5-4-8-18/h4-7,9-10,13,18-19H,8,11H2,1-3H3/b5-4+,12-9+. The predicted molar refractivity (Wildman–Crippen MR) is 81.3 cm³/mol. The van der Waals surface area contributed by atoms with Gasteiger partial charge in [0.15, 0.2) is 5.78 Å². The molecule has 1 aromatic carbocycles. The first-order valence-electron chi connectivity index (χ1n) is 6.70. The smallest absolute Gasteiger partial charge is 0.155 e. The maximum absolute atomic E-state index is 11.3. The summed E-state index contributed by atoms with van der Waals surface area (Å²) in [7, 11) is 0. The van der Waals surface area contributed by atoms with Crippen molar-refractivity contribution in [2.45, 2.75) is 33.3 Å². The van der Waals surface area contributed by atoms with Gasteiger partial charge in [-0.25, -0.2) is 0 Å². The number of benzene rings is 1. The summed E-state index contributed by atoms with van der Waals surface area (Å²) in [5, 5.41) is 18.1. The van der Waals surface area contributed by atoms with Gasteiger partial charge in [-0.05, 0) is 42.2 Å². The zero-order chi connectivity index (χ0) is 15.1. The number of carbonyl (C=O) groups excluding carboxylic acids is 1. The summed E-state index contributed by atoms with van der Waals surface area (Å²) in [5.41, 5.74) is 3.57. The molecule has 0 aliphatic heterocycles. The van der Waals surface area contributed by atoms with Crippen LogP contribution in [0.25, 0.3) is 6.08 Å². The van der Waals surface area contributed by atoms with Crippen LogP contribution in [0.2, 0.25) is 0 Å². The third-order valence-electron chi connectivity index (χ3n) is 3.28. The molecule has 20 heavy (non-hydrogen) atoms. The van der Waals surface area contributed by atoms with E-state index < -0.39 is 0 Å². The minimum absolute atomic E-state index is 0.0169. The maximum Gasteiger partial charge on any atom is 0.155 e. The lowest BCUT2D eigenvalue weighted by molar-refractivity contribution is -0.113. The highest BCUT2D eigenvalue weighted by molar-refractivity contribution is 5.92. The number of rotatable bonds is 6. The van der Waals surface area contributed by atoms with Crippen LogP contribution in [0.1, 0.15) is 43.4 Å². The Morgan fingerprint density at radius 1 is 1.30 bits per heavy atom. The molecule has 2 N–H and O–H groups in total. The van der Waals surface area contributed by atoms with Gasteiger partial charge in [-0.15, -0.1) is 0 Å². The Bertz CT molecular complexity index is 527. The first-order valence-corrected chi connectivity index (χ1v) is 6.70. The molecule has 0 amide bonds. The van der Waals surface area contributed by atoms with Crippen molar-refractivity contribution in [3.8, 4) is 0 Å². The Hall–Kier alpha value is -1.71. The molecule has 3 heteroatoms. The fourth-order valence-electron chi connectivity index (χ4n) is 2.04. The first-order chi connectivity index (χ1) is 9.49. The molecule has 3 nitrogen and oxygen atoms in total. The van der Waals surface area contributed by atoms with E-state index in [-0.39, 0.29) is 24.9 Å². The van der Waals surface area contributed by atoms with Crippen LogP contribution in [0.4, 0.5) is 0 Å². The van der Waals surface area contributed by atoms with Gasteiger partial charge in [-0.2, -0.15) is 0 Å². The second-order valence-electron chi connectivity index (χ2n) is 4.90. The van der Waals surface area contributed by atoms with Crippen molar-refractivity contribution in [2.24, 2.45) is 0 Å². The minimum atomic E-state index is -0.0283. The first kappa shape index (κ1) is 16.3. The molecule has 0 saturated heterocycles. The fourth-order valence-corrected chi connectivity index (χ4v) is 2.04. The van der Waals surface area contributed by atoms with E-state index in [2.05, 4.69) is 0 Å². The molecule has 0 saturated carbocycles. The largest absolute Gasteiger partial charge is 0.392 e. The van der Waals surface area contributed by atoms with E-state index in [0.717, 1.165) is 22.3 Å². The second kappa shape index (κ2) is 7.78. The molecule has 1 rings (SSSR count). The molecule has 108 valence electrons. The van der Waals surface area contributed by atoms with Gasteiger partial charge in [-0.1, -0.05) is 37.3 Å². The van der Waals surface area contributed by atoms with Gasteiger partial charge in [0.2, 0.25) is 0 Å². The van der Waals surface area contributed by atoms with Crippen LogP contribution in [0.5, 0.6) is 0 Å². The quantitative estimate of drug-likeness (QED) is 0.784. The van der Waals surface area contributed by atoms with Crippen molar-refractivity contribution in [1.29, 1.82) is 0 Å². The average Bonchev–Trinajstić information content (AvgIpc) is 2.44. The molecule has 1 aromatic rings. The summed E-state index contributed by atoms with van der Waals surface area (Å²) in [6.07, 6.45) is 5.43. The Morgan fingerprint density at radius 2 is 2.00 bits per heavy atom. The normalized spacial score (nSPS) is 13.8. The van der Waals surface area contributed by atoms with E-state index >= 15 is 0 Å². The van der Waals surface area contributed by atoms with Crippen LogP contribution in [0.15, 0.2) is 35.9 Å². The average molecular weight is 274 g/mol. The van der Waals surface area contributed by atoms with Crippen molar-refractivity contribution >= 4 is 11.9 Å². The maximum atomic E-state index is 11.3. The summed E-state index contributed by atoms with van der Waals surface area (Å²) in [6, 6.07) is 5.73. The molecule has 1 atom stereocenters. The lowest BCUT2D eigenvalue weighted by Crippen LogP contribution is -1.99. The molecular weight excluding hydrogens is 252 g/mol. The number of aliphatic hydroxyl groups is 2. The SMILES string of the molecule is CC(=O)/C(C)=C/C(C)c1ccc(CO)cc1/C=C/CO. The Labute approximate surface area is 120 Å². The van der Waals surface area contributed by atoms with Gasteiger partial charge in [0.25, 0.3) is 0 Å². The van der Waals surface area contributed by atoms with Crippen LogP contribution < -0.4 is 0 Å². The summed E-state index contributed by atoms with van der Waals surface area (Å²) < 4.78 is 0. The van der Waals surface area contributed by atoms with Crippen molar-refractivity contribution in [3.05, 3.63) is 52.6 Å². The molecule has 0 spiro atoms. The van der Waals surface area contributed by atoms with E-state index in [0.29, 0.717) is 0 Å².